The highest BCUT2D eigenvalue weighted by Gasteiger charge is 2.17. The molecule has 7 aromatic carbocycles. The van der Waals surface area contributed by atoms with Crippen LogP contribution in [0.4, 0.5) is 0 Å². The minimum Gasteiger partial charge on any atom is -0.246 e. The largest absolute Gasteiger partial charge is 0.246 e. The van der Waals surface area contributed by atoms with E-state index in [1.54, 1.807) is 0 Å². The van der Waals surface area contributed by atoms with Crippen molar-refractivity contribution in [2.75, 3.05) is 0 Å². The molecule has 0 saturated carbocycles. The molecule has 0 N–H and O–H groups in total. The van der Waals surface area contributed by atoms with Gasteiger partial charge in [-0.25, -0.2) is 15.0 Å². The van der Waals surface area contributed by atoms with Gasteiger partial charge in [-0.3, -0.25) is 0 Å². The maximum Gasteiger partial charge on any atom is 0.0972 e. The zero-order valence-electron chi connectivity index (χ0n) is 25.9. The van der Waals surface area contributed by atoms with E-state index in [9.17, 15) is 0 Å². The minimum absolute atomic E-state index is 0.904. The standard InChI is InChI=1S/C45H27N3/c1-2-11-28(12-3-1)39-25-23-29-21-22-30-24-26-40(47-44(30)43(29)46-39)31-13-10-14-32(27-31)42-38-20-9-7-18-36(38)41-35-17-6-4-15-33(35)34-16-5-8-19-37(34)45(41)48-42/h1-27H. The quantitative estimate of drug-likeness (QED) is 0.187. The van der Waals surface area contributed by atoms with Crippen LogP contribution in [0.1, 0.15) is 0 Å². The molecule has 0 spiro atoms. The average molecular weight is 610 g/mol. The van der Waals surface area contributed by atoms with Gasteiger partial charge in [0.2, 0.25) is 0 Å². The molecular formula is C45H27N3. The highest BCUT2D eigenvalue weighted by Crippen LogP contribution is 2.41. The Kier molecular flexibility index (Phi) is 5.87. The molecule has 0 atom stereocenters. The smallest absolute Gasteiger partial charge is 0.0972 e. The van der Waals surface area contributed by atoms with Gasteiger partial charge < -0.3 is 0 Å². The normalized spacial score (nSPS) is 11.8. The molecule has 0 aliphatic rings. The first-order valence-corrected chi connectivity index (χ1v) is 16.3. The zero-order chi connectivity index (χ0) is 31.6. The van der Waals surface area contributed by atoms with Gasteiger partial charge in [-0.15, -0.1) is 0 Å². The Morgan fingerprint density at radius 1 is 0.292 bits per heavy atom. The molecule has 0 fully saturated rings. The van der Waals surface area contributed by atoms with Crippen LogP contribution in [-0.2, 0) is 0 Å². The number of fused-ring (bicyclic) bond motifs is 11. The van der Waals surface area contributed by atoms with Crippen LogP contribution in [-0.4, -0.2) is 15.0 Å². The number of pyridine rings is 3. The molecule has 0 radical (unpaired) electrons. The van der Waals surface area contributed by atoms with Gasteiger partial charge in [0.05, 0.1) is 33.6 Å². The molecule has 0 aliphatic carbocycles. The summed E-state index contributed by atoms with van der Waals surface area (Å²) in [6, 6.07) is 57.7. The monoisotopic (exact) mass is 609 g/mol. The van der Waals surface area contributed by atoms with Crippen LogP contribution in [0.25, 0.3) is 98.8 Å². The van der Waals surface area contributed by atoms with Gasteiger partial charge in [0, 0.05) is 43.6 Å². The number of hydrogen-bond acceptors (Lipinski definition) is 3. The van der Waals surface area contributed by atoms with Crippen molar-refractivity contribution < 1.29 is 0 Å². The minimum atomic E-state index is 0.904. The van der Waals surface area contributed by atoms with Crippen molar-refractivity contribution in [3.8, 4) is 33.8 Å². The van der Waals surface area contributed by atoms with Gasteiger partial charge in [-0.1, -0.05) is 146 Å². The number of benzene rings is 7. The Morgan fingerprint density at radius 2 is 0.771 bits per heavy atom. The first kappa shape index (κ1) is 26.7. The fraction of sp³-hybridized carbons (Fsp3) is 0. The number of nitrogens with zero attached hydrogens (tertiary/aromatic N) is 3. The first-order valence-electron chi connectivity index (χ1n) is 16.3. The Hall–Kier alpha value is -6.45. The SMILES string of the molecule is c1ccc(-c2ccc3ccc4ccc(-c5cccc(-c6nc7c8ccccc8c8ccccc8c7c7ccccc67)c5)nc4c3n2)cc1. The predicted octanol–water partition coefficient (Wildman–Crippen LogP) is 11.8. The molecule has 0 saturated heterocycles. The van der Waals surface area contributed by atoms with Gasteiger partial charge in [0.25, 0.3) is 0 Å². The lowest BCUT2D eigenvalue weighted by atomic mass is 9.92. The molecule has 3 heterocycles. The molecule has 10 rings (SSSR count). The van der Waals surface area contributed by atoms with Crippen LogP contribution in [0.2, 0.25) is 0 Å². The fourth-order valence-electron chi connectivity index (χ4n) is 7.34. The van der Waals surface area contributed by atoms with Crippen LogP contribution in [0.3, 0.4) is 0 Å². The summed E-state index contributed by atoms with van der Waals surface area (Å²) < 4.78 is 0. The molecule has 0 unspecified atom stereocenters. The third-order valence-electron chi connectivity index (χ3n) is 9.60. The maximum atomic E-state index is 5.49. The molecule has 3 nitrogen and oxygen atoms in total. The van der Waals surface area contributed by atoms with Gasteiger partial charge >= 0.3 is 0 Å². The number of aromatic nitrogens is 3. The van der Waals surface area contributed by atoms with Crippen molar-refractivity contribution in [3.63, 3.8) is 0 Å². The topological polar surface area (TPSA) is 38.7 Å². The lowest BCUT2D eigenvalue weighted by Gasteiger charge is -2.15. The third kappa shape index (κ3) is 4.11. The van der Waals surface area contributed by atoms with E-state index < -0.39 is 0 Å². The summed E-state index contributed by atoms with van der Waals surface area (Å²) in [5, 5.41) is 10.6. The van der Waals surface area contributed by atoms with Crippen molar-refractivity contribution >= 4 is 65.0 Å². The van der Waals surface area contributed by atoms with E-state index in [0.717, 1.165) is 66.5 Å². The second-order valence-corrected chi connectivity index (χ2v) is 12.4. The van der Waals surface area contributed by atoms with Crippen LogP contribution >= 0.6 is 0 Å². The van der Waals surface area contributed by atoms with Gasteiger partial charge in [-0.2, -0.15) is 0 Å². The Labute approximate surface area is 276 Å². The molecule has 3 heteroatoms. The number of hydrogen-bond donors (Lipinski definition) is 0. The Balaban J connectivity index is 1.19. The van der Waals surface area contributed by atoms with Gasteiger partial charge in [0.1, 0.15) is 0 Å². The summed E-state index contributed by atoms with van der Waals surface area (Å²) in [6.45, 7) is 0. The van der Waals surface area contributed by atoms with Crippen molar-refractivity contribution in [2.24, 2.45) is 0 Å². The molecule has 10 aromatic rings. The molecule has 0 bridgehead atoms. The van der Waals surface area contributed by atoms with E-state index in [0.29, 0.717) is 0 Å². The summed E-state index contributed by atoms with van der Waals surface area (Å²) in [4.78, 5) is 15.8. The molecule has 3 aromatic heterocycles. The van der Waals surface area contributed by atoms with Crippen molar-refractivity contribution in [1.82, 2.24) is 15.0 Å². The van der Waals surface area contributed by atoms with Crippen LogP contribution in [0, 0.1) is 0 Å². The predicted molar refractivity (Wildman–Crippen MR) is 201 cm³/mol. The van der Waals surface area contributed by atoms with E-state index in [1.807, 2.05) is 18.2 Å². The highest BCUT2D eigenvalue weighted by atomic mass is 14.8. The summed E-state index contributed by atoms with van der Waals surface area (Å²) in [5.74, 6) is 0. The summed E-state index contributed by atoms with van der Waals surface area (Å²) >= 11 is 0. The van der Waals surface area contributed by atoms with E-state index in [4.69, 9.17) is 15.0 Å². The first-order chi connectivity index (χ1) is 23.8. The fourth-order valence-corrected chi connectivity index (χ4v) is 7.34. The second-order valence-electron chi connectivity index (χ2n) is 12.4. The van der Waals surface area contributed by atoms with Crippen LogP contribution < -0.4 is 0 Å². The molecule has 48 heavy (non-hydrogen) atoms. The van der Waals surface area contributed by atoms with Gasteiger partial charge in [0.15, 0.2) is 0 Å². The molecule has 0 aliphatic heterocycles. The average Bonchev–Trinajstić information content (AvgIpc) is 3.17. The van der Waals surface area contributed by atoms with Crippen molar-refractivity contribution in [1.29, 1.82) is 0 Å². The third-order valence-corrected chi connectivity index (χ3v) is 9.60. The van der Waals surface area contributed by atoms with Crippen molar-refractivity contribution in [3.05, 3.63) is 164 Å². The molecule has 0 amide bonds. The van der Waals surface area contributed by atoms with Gasteiger partial charge in [-0.05, 0) is 39.7 Å². The van der Waals surface area contributed by atoms with Crippen LogP contribution in [0.5, 0.6) is 0 Å². The maximum absolute atomic E-state index is 5.49. The number of rotatable bonds is 3. The van der Waals surface area contributed by atoms with E-state index >= 15 is 0 Å². The highest BCUT2D eigenvalue weighted by molar-refractivity contribution is 6.31. The van der Waals surface area contributed by atoms with E-state index in [2.05, 4.69) is 146 Å². The Morgan fingerprint density at radius 3 is 1.46 bits per heavy atom. The summed E-state index contributed by atoms with van der Waals surface area (Å²) in [6.07, 6.45) is 0. The van der Waals surface area contributed by atoms with E-state index in [-0.39, 0.29) is 0 Å². The summed E-state index contributed by atoms with van der Waals surface area (Å²) in [5.41, 5.74) is 8.86. The molecular weight excluding hydrogens is 583 g/mol. The Bertz CT molecular complexity index is 2890. The van der Waals surface area contributed by atoms with E-state index in [1.165, 1.54) is 32.3 Å². The van der Waals surface area contributed by atoms with Crippen molar-refractivity contribution in [2.45, 2.75) is 0 Å². The zero-order valence-corrected chi connectivity index (χ0v) is 25.9. The second kappa shape index (κ2) is 10.5. The lowest BCUT2D eigenvalue weighted by molar-refractivity contribution is 1.36. The summed E-state index contributed by atoms with van der Waals surface area (Å²) in [7, 11) is 0. The lowest BCUT2D eigenvalue weighted by Crippen LogP contribution is -1.94. The molecule has 222 valence electrons. The van der Waals surface area contributed by atoms with Crippen LogP contribution in [0.15, 0.2) is 164 Å².